The summed E-state index contributed by atoms with van der Waals surface area (Å²) in [6.45, 7) is 0. The van der Waals surface area contributed by atoms with Gasteiger partial charge in [-0.2, -0.15) is 30.7 Å². The maximum atomic E-state index is 13.3. The molecule has 2 nitrogen and oxygen atoms in total. The molecule has 1 aromatic carbocycles. The van der Waals surface area contributed by atoms with Crippen molar-refractivity contribution >= 4 is 17.4 Å². The smallest absolute Gasteiger partial charge is 0.406 e. The van der Waals surface area contributed by atoms with E-state index >= 15 is 0 Å². The Kier molecular flexibility index (Phi) is 5.06. The summed E-state index contributed by atoms with van der Waals surface area (Å²) in [5.74, 6) is -17.5. The van der Waals surface area contributed by atoms with Crippen LogP contribution in [0.15, 0.2) is 18.2 Å². The Morgan fingerprint density at radius 1 is 0.917 bits per heavy atom. The minimum absolute atomic E-state index is 0.126. The number of carbonyl (C=O) groups is 1. The highest BCUT2D eigenvalue weighted by molar-refractivity contribution is 6.34. The Morgan fingerprint density at radius 3 is 1.83 bits per heavy atom. The van der Waals surface area contributed by atoms with Crippen LogP contribution in [0.4, 0.5) is 43.9 Å². The fourth-order valence-corrected chi connectivity index (χ4v) is 1.57. The maximum absolute atomic E-state index is 13.3. The first-order valence-electron chi connectivity index (χ1n) is 5.43. The second-order valence-corrected chi connectivity index (χ2v) is 4.57. The summed E-state index contributed by atoms with van der Waals surface area (Å²) >= 11 is 5.22. The third-order valence-corrected chi connectivity index (χ3v) is 2.78. The lowest BCUT2D eigenvalue weighted by atomic mass is 9.99. The highest BCUT2D eigenvalue weighted by Crippen LogP contribution is 2.48. The van der Waals surface area contributed by atoms with E-state index in [2.05, 4.69) is 4.74 Å². The van der Waals surface area contributed by atoms with Gasteiger partial charge in [0.2, 0.25) is 5.78 Å². The molecule has 0 saturated heterocycles. The van der Waals surface area contributed by atoms with Crippen molar-refractivity contribution in [1.29, 1.82) is 0 Å². The lowest BCUT2D eigenvalue weighted by molar-refractivity contribution is -0.339. The molecule has 0 fully saturated rings. The van der Waals surface area contributed by atoms with Crippen molar-refractivity contribution in [3.63, 3.8) is 0 Å². The normalized spacial score (nSPS) is 13.8. The Balaban J connectivity index is 3.35. The molecule has 13 heteroatoms. The summed E-state index contributed by atoms with van der Waals surface area (Å²) in [5, 5.41) is -1.08. The van der Waals surface area contributed by atoms with Gasteiger partial charge in [0, 0.05) is 5.56 Å². The minimum Gasteiger partial charge on any atom is -0.406 e. The lowest BCUT2D eigenvalue weighted by Gasteiger charge is -2.27. The van der Waals surface area contributed by atoms with Gasteiger partial charge in [-0.05, 0) is 18.2 Å². The van der Waals surface area contributed by atoms with Crippen LogP contribution < -0.4 is 4.74 Å². The molecule has 0 atom stereocenters. The maximum Gasteiger partial charge on any atom is 0.573 e. The van der Waals surface area contributed by atoms with Crippen molar-refractivity contribution in [2.24, 2.45) is 0 Å². The Morgan fingerprint density at radius 2 is 1.42 bits per heavy atom. The van der Waals surface area contributed by atoms with Gasteiger partial charge in [0.1, 0.15) is 5.75 Å². The zero-order valence-corrected chi connectivity index (χ0v) is 11.5. The zero-order valence-electron chi connectivity index (χ0n) is 10.7. The van der Waals surface area contributed by atoms with Gasteiger partial charge in [-0.1, -0.05) is 11.6 Å². The number of ether oxygens (including phenoxy) is 1. The van der Waals surface area contributed by atoms with Gasteiger partial charge >= 0.3 is 24.4 Å². The van der Waals surface area contributed by atoms with Crippen LogP contribution in [0, 0.1) is 0 Å². The SMILES string of the molecule is O=C(c1cc(OC(F)(F)F)ccc1Cl)C(F)(F)C(F)(F)C(F)(F)F. The number of alkyl halides is 10. The van der Waals surface area contributed by atoms with E-state index in [0.29, 0.717) is 12.1 Å². The molecule has 1 aromatic rings. The number of hydrogen-bond donors (Lipinski definition) is 0. The van der Waals surface area contributed by atoms with E-state index < -0.39 is 46.5 Å². The minimum atomic E-state index is -6.79. The molecule has 0 aliphatic heterocycles. The number of benzene rings is 1. The number of ketones is 1. The summed E-state index contributed by atoms with van der Waals surface area (Å²) < 4.78 is 127. The molecule has 0 spiro atoms. The fourth-order valence-electron chi connectivity index (χ4n) is 1.37. The summed E-state index contributed by atoms with van der Waals surface area (Å²) in [6, 6.07) is 0.697. The van der Waals surface area contributed by atoms with Crippen LogP contribution in [0.5, 0.6) is 5.75 Å². The van der Waals surface area contributed by atoms with Crippen LogP contribution >= 0.6 is 11.6 Å². The molecule has 136 valence electrons. The van der Waals surface area contributed by atoms with Crippen LogP contribution in [-0.4, -0.2) is 30.2 Å². The standard InChI is InChI=1S/C11H3ClF10O2/c12-6-2-1-4(24-11(20,21)22)3-5(6)7(23)8(13,14)9(15,16)10(17,18)19/h1-3H. The van der Waals surface area contributed by atoms with Gasteiger partial charge < -0.3 is 4.74 Å². The van der Waals surface area contributed by atoms with E-state index in [1.807, 2.05) is 0 Å². The van der Waals surface area contributed by atoms with Gasteiger partial charge in [-0.25, -0.2) is 0 Å². The number of carbonyl (C=O) groups excluding carboxylic acids is 1. The van der Waals surface area contributed by atoms with E-state index in [1.54, 1.807) is 0 Å². The van der Waals surface area contributed by atoms with Crippen molar-refractivity contribution < 1.29 is 53.4 Å². The molecule has 0 aliphatic carbocycles. The number of hydrogen-bond acceptors (Lipinski definition) is 2. The zero-order chi connectivity index (χ0) is 19.1. The predicted octanol–water partition coefficient (Wildman–Crippen LogP) is 5.25. The topological polar surface area (TPSA) is 26.3 Å². The monoisotopic (exact) mass is 392 g/mol. The molecule has 0 aromatic heterocycles. The van der Waals surface area contributed by atoms with E-state index in [-0.39, 0.29) is 6.07 Å². The molecule has 24 heavy (non-hydrogen) atoms. The molecular formula is C11H3ClF10O2. The molecule has 0 unspecified atom stereocenters. The van der Waals surface area contributed by atoms with Crippen LogP contribution in [-0.2, 0) is 0 Å². The van der Waals surface area contributed by atoms with E-state index in [0.717, 1.165) is 0 Å². The van der Waals surface area contributed by atoms with Gasteiger partial charge in [-0.3, -0.25) is 4.79 Å². The van der Waals surface area contributed by atoms with Crippen molar-refractivity contribution in [3.05, 3.63) is 28.8 Å². The largest absolute Gasteiger partial charge is 0.573 e. The quantitative estimate of drug-likeness (QED) is 0.516. The Labute approximate surface area is 130 Å². The van der Waals surface area contributed by atoms with E-state index in [1.165, 1.54) is 0 Å². The van der Waals surface area contributed by atoms with Gasteiger partial charge in [0.05, 0.1) is 5.02 Å². The number of halogens is 11. The lowest BCUT2D eigenvalue weighted by Crippen LogP contribution is -2.56. The van der Waals surface area contributed by atoms with Crippen LogP contribution in [0.3, 0.4) is 0 Å². The molecule has 0 bridgehead atoms. The molecule has 0 amide bonds. The molecule has 0 heterocycles. The van der Waals surface area contributed by atoms with Crippen LogP contribution in [0.1, 0.15) is 10.4 Å². The molecule has 1 rings (SSSR count). The second-order valence-electron chi connectivity index (χ2n) is 4.17. The third-order valence-electron chi connectivity index (χ3n) is 2.45. The first kappa shape index (κ1) is 20.3. The number of rotatable bonds is 4. The first-order chi connectivity index (χ1) is 10.5. The van der Waals surface area contributed by atoms with Gasteiger partial charge in [0.25, 0.3) is 0 Å². The van der Waals surface area contributed by atoms with Crippen molar-refractivity contribution in [1.82, 2.24) is 0 Å². The number of Topliss-reactive ketones (excluding diaryl/α,β-unsaturated/α-hetero) is 1. The fraction of sp³-hybridized carbons (Fsp3) is 0.364. The van der Waals surface area contributed by atoms with Gasteiger partial charge in [0.15, 0.2) is 0 Å². The van der Waals surface area contributed by atoms with E-state index in [4.69, 9.17) is 11.6 Å². The van der Waals surface area contributed by atoms with Crippen LogP contribution in [0.2, 0.25) is 5.02 Å². The highest BCUT2D eigenvalue weighted by atomic mass is 35.5. The second kappa shape index (κ2) is 5.97. The first-order valence-corrected chi connectivity index (χ1v) is 5.81. The predicted molar refractivity (Wildman–Crippen MR) is 58.4 cm³/mol. The third kappa shape index (κ3) is 3.84. The van der Waals surface area contributed by atoms with Crippen molar-refractivity contribution in [3.8, 4) is 5.75 Å². The average Bonchev–Trinajstić information content (AvgIpc) is 2.37. The molecule has 0 saturated carbocycles. The summed E-state index contributed by atoms with van der Waals surface area (Å²) in [5.41, 5.74) is -1.70. The van der Waals surface area contributed by atoms with Crippen LogP contribution in [0.25, 0.3) is 0 Å². The Bertz CT molecular complexity index is 635. The highest BCUT2D eigenvalue weighted by Gasteiger charge is 2.76. The van der Waals surface area contributed by atoms with Crippen molar-refractivity contribution in [2.75, 3.05) is 0 Å². The van der Waals surface area contributed by atoms with Crippen molar-refractivity contribution in [2.45, 2.75) is 24.4 Å². The van der Waals surface area contributed by atoms with Gasteiger partial charge in [-0.15, -0.1) is 13.2 Å². The summed E-state index contributed by atoms with van der Waals surface area (Å²) in [4.78, 5) is 11.3. The molecular weight excluding hydrogens is 390 g/mol. The average molecular weight is 393 g/mol. The Hall–Kier alpha value is -1.72. The summed E-state index contributed by atoms with van der Waals surface area (Å²) in [7, 11) is 0. The molecule has 0 aliphatic rings. The van der Waals surface area contributed by atoms with E-state index in [9.17, 15) is 48.7 Å². The molecule has 0 N–H and O–H groups in total. The molecule has 0 radical (unpaired) electrons. The summed E-state index contributed by atoms with van der Waals surface area (Å²) in [6.07, 6.45) is -12.1.